The smallest absolute Gasteiger partial charge is 0.272 e. The molecule has 2 N–H and O–H groups in total. The normalized spacial score (nSPS) is 10.7. The largest absolute Gasteiger partial charge is 0.347 e. The SMILES string of the molecule is O=C(NCc1cncc(-c2ccsc2)c1)c1cc(-c2cccs2)[nH]n1. The predicted octanol–water partition coefficient (Wildman–Crippen LogP) is 4.19. The van der Waals surface area contributed by atoms with Crippen LogP contribution in [0.3, 0.4) is 0 Å². The van der Waals surface area contributed by atoms with Gasteiger partial charge in [0.25, 0.3) is 5.91 Å². The van der Waals surface area contributed by atoms with Crippen LogP contribution in [0.2, 0.25) is 0 Å². The highest BCUT2D eigenvalue weighted by Gasteiger charge is 2.12. The standard InChI is InChI=1S/C18H14N4OS2/c23-18(16-7-15(21-22-16)17-2-1-4-25-17)20-9-12-6-14(10-19-8-12)13-3-5-24-11-13/h1-8,10-11H,9H2,(H,20,23)(H,21,22). The Kier molecular flexibility index (Phi) is 4.41. The van der Waals surface area contributed by atoms with Gasteiger partial charge in [0.2, 0.25) is 0 Å². The summed E-state index contributed by atoms with van der Waals surface area (Å²) in [5.41, 5.74) is 4.36. The summed E-state index contributed by atoms with van der Waals surface area (Å²) >= 11 is 3.25. The van der Waals surface area contributed by atoms with E-state index < -0.39 is 0 Å². The van der Waals surface area contributed by atoms with Crippen molar-refractivity contribution in [3.8, 4) is 21.7 Å². The van der Waals surface area contributed by atoms with E-state index in [0.717, 1.165) is 27.3 Å². The number of thiophene rings is 2. The van der Waals surface area contributed by atoms with Gasteiger partial charge >= 0.3 is 0 Å². The average molecular weight is 366 g/mol. The second kappa shape index (κ2) is 7.00. The number of pyridine rings is 1. The third kappa shape index (κ3) is 3.52. The average Bonchev–Trinajstić information content (AvgIpc) is 3.41. The first-order valence-corrected chi connectivity index (χ1v) is 9.46. The lowest BCUT2D eigenvalue weighted by molar-refractivity contribution is 0.0946. The predicted molar refractivity (Wildman–Crippen MR) is 101 cm³/mol. The van der Waals surface area contributed by atoms with Crippen molar-refractivity contribution in [2.75, 3.05) is 0 Å². The van der Waals surface area contributed by atoms with Crippen LogP contribution in [0.25, 0.3) is 21.7 Å². The number of rotatable bonds is 5. The van der Waals surface area contributed by atoms with Crippen molar-refractivity contribution in [1.29, 1.82) is 0 Å². The van der Waals surface area contributed by atoms with Gasteiger partial charge in [0, 0.05) is 24.5 Å². The van der Waals surface area contributed by atoms with Gasteiger partial charge in [-0.05, 0) is 51.5 Å². The number of nitrogens with zero attached hydrogens (tertiary/aromatic N) is 2. The molecule has 5 nitrogen and oxygen atoms in total. The van der Waals surface area contributed by atoms with Gasteiger partial charge in [-0.2, -0.15) is 16.4 Å². The minimum absolute atomic E-state index is 0.208. The summed E-state index contributed by atoms with van der Waals surface area (Å²) in [4.78, 5) is 17.6. The number of carbonyl (C=O) groups excluding carboxylic acids is 1. The van der Waals surface area contributed by atoms with Crippen molar-refractivity contribution in [1.82, 2.24) is 20.5 Å². The molecule has 4 rings (SSSR count). The molecule has 0 saturated carbocycles. The van der Waals surface area contributed by atoms with E-state index in [0.29, 0.717) is 12.2 Å². The van der Waals surface area contributed by atoms with Crippen LogP contribution in [-0.2, 0) is 6.54 Å². The van der Waals surface area contributed by atoms with Gasteiger partial charge in [-0.15, -0.1) is 11.3 Å². The summed E-state index contributed by atoms with van der Waals surface area (Å²) in [7, 11) is 0. The van der Waals surface area contributed by atoms with Gasteiger partial charge in [-0.1, -0.05) is 6.07 Å². The van der Waals surface area contributed by atoms with Gasteiger partial charge in [0.05, 0.1) is 10.6 Å². The first kappa shape index (κ1) is 15.7. The molecule has 0 aliphatic heterocycles. The van der Waals surface area contributed by atoms with E-state index in [1.807, 2.05) is 35.2 Å². The van der Waals surface area contributed by atoms with Gasteiger partial charge in [-0.25, -0.2) is 0 Å². The fraction of sp³-hybridized carbons (Fsp3) is 0.0556. The molecule has 4 heterocycles. The molecule has 0 aliphatic carbocycles. The van der Waals surface area contributed by atoms with Crippen molar-refractivity contribution < 1.29 is 4.79 Å². The van der Waals surface area contributed by atoms with E-state index in [4.69, 9.17) is 0 Å². The number of aromatic amines is 1. The molecule has 1 amide bonds. The van der Waals surface area contributed by atoms with Gasteiger partial charge in [-0.3, -0.25) is 14.9 Å². The zero-order valence-electron chi connectivity index (χ0n) is 13.1. The molecule has 4 aromatic rings. The van der Waals surface area contributed by atoms with Crippen molar-refractivity contribution in [3.63, 3.8) is 0 Å². The highest BCUT2D eigenvalue weighted by Crippen LogP contribution is 2.23. The molecule has 25 heavy (non-hydrogen) atoms. The van der Waals surface area contributed by atoms with Crippen LogP contribution in [0.15, 0.2) is 58.9 Å². The minimum atomic E-state index is -0.208. The summed E-state index contributed by atoms with van der Waals surface area (Å²) in [6.07, 6.45) is 3.59. The highest BCUT2D eigenvalue weighted by atomic mass is 32.1. The summed E-state index contributed by atoms with van der Waals surface area (Å²) in [5.74, 6) is -0.208. The van der Waals surface area contributed by atoms with Gasteiger partial charge < -0.3 is 5.32 Å². The van der Waals surface area contributed by atoms with Crippen LogP contribution in [0.5, 0.6) is 0 Å². The van der Waals surface area contributed by atoms with E-state index in [2.05, 4.69) is 31.9 Å². The third-order valence-corrected chi connectivity index (χ3v) is 5.29. The Bertz CT molecular complexity index is 974. The molecule has 0 radical (unpaired) electrons. The maximum atomic E-state index is 12.3. The number of carbonyl (C=O) groups is 1. The summed E-state index contributed by atoms with van der Waals surface area (Å²) in [6.45, 7) is 0.408. The Morgan fingerprint density at radius 1 is 1.16 bits per heavy atom. The molecule has 0 atom stereocenters. The van der Waals surface area contributed by atoms with E-state index >= 15 is 0 Å². The third-order valence-electron chi connectivity index (χ3n) is 3.70. The van der Waals surface area contributed by atoms with Crippen LogP contribution in [0.1, 0.15) is 16.1 Å². The number of nitrogens with one attached hydrogen (secondary N) is 2. The number of amides is 1. The lowest BCUT2D eigenvalue weighted by Crippen LogP contribution is -2.23. The Morgan fingerprint density at radius 2 is 2.12 bits per heavy atom. The van der Waals surface area contributed by atoms with Crippen molar-refractivity contribution >= 4 is 28.6 Å². The molecule has 0 bridgehead atoms. The quantitative estimate of drug-likeness (QED) is 0.556. The molecule has 4 aromatic heterocycles. The highest BCUT2D eigenvalue weighted by molar-refractivity contribution is 7.13. The Labute approximate surface area is 152 Å². The summed E-state index contributed by atoms with van der Waals surface area (Å²) < 4.78 is 0. The lowest BCUT2D eigenvalue weighted by Gasteiger charge is -2.05. The Morgan fingerprint density at radius 3 is 2.92 bits per heavy atom. The summed E-state index contributed by atoms with van der Waals surface area (Å²) in [5, 5.41) is 16.0. The molecule has 0 saturated heterocycles. The van der Waals surface area contributed by atoms with Crippen LogP contribution in [0.4, 0.5) is 0 Å². The molecule has 0 spiro atoms. The second-order valence-electron chi connectivity index (χ2n) is 5.42. The van der Waals surface area contributed by atoms with E-state index in [1.54, 1.807) is 34.9 Å². The number of H-pyrrole nitrogens is 1. The topological polar surface area (TPSA) is 70.7 Å². The lowest BCUT2D eigenvalue weighted by atomic mass is 10.1. The van der Waals surface area contributed by atoms with E-state index in [-0.39, 0.29) is 5.91 Å². The first-order chi connectivity index (χ1) is 12.3. The molecule has 0 aromatic carbocycles. The summed E-state index contributed by atoms with van der Waals surface area (Å²) in [6, 6.07) is 9.81. The molecule has 0 fully saturated rings. The number of hydrogen-bond donors (Lipinski definition) is 2. The van der Waals surface area contributed by atoms with Crippen molar-refractivity contribution in [2.24, 2.45) is 0 Å². The number of aromatic nitrogens is 3. The Hall–Kier alpha value is -2.77. The molecule has 0 unspecified atom stereocenters. The molecule has 124 valence electrons. The zero-order chi connectivity index (χ0) is 17.1. The van der Waals surface area contributed by atoms with Gasteiger partial charge in [0.1, 0.15) is 0 Å². The zero-order valence-corrected chi connectivity index (χ0v) is 14.7. The molecule has 0 aliphatic rings. The fourth-order valence-corrected chi connectivity index (χ4v) is 3.80. The maximum Gasteiger partial charge on any atom is 0.272 e. The van der Waals surface area contributed by atoms with Gasteiger partial charge in [0.15, 0.2) is 5.69 Å². The fourth-order valence-electron chi connectivity index (χ4n) is 2.44. The van der Waals surface area contributed by atoms with Crippen LogP contribution < -0.4 is 5.32 Å². The Balaban J connectivity index is 1.43. The van der Waals surface area contributed by atoms with Crippen LogP contribution >= 0.6 is 22.7 Å². The molecular weight excluding hydrogens is 352 g/mol. The monoisotopic (exact) mass is 366 g/mol. The minimum Gasteiger partial charge on any atom is -0.347 e. The van der Waals surface area contributed by atoms with Crippen molar-refractivity contribution in [2.45, 2.75) is 6.54 Å². The molecular formula is C18H14N4OS2. The van der Waals surface area contributed by atoms with E-state index in [1.165, 1.54) is 0 Å². The van der Waals surface area contributed by atoms with Crippen LogP contribution in [0, 0.1) is 0 Å². The first-order valence-electron chi connectivity index (χ1n) is 7.63. The maximum absolute atomic E-state index is 12.3. The second-order valence-corrected chi connectivity index (χ2v) is 7.15. The van der Waals surface area contributed by atoms with Crippen molar-refractivity contribution in [3.05, 3.63) is 70.1 Å². The molecule has 7 heteroatoms. The number of hydrogen-bond acceptors (Lipinski definition) is 5. The van der Waals surface area contributed by atoms with Crippen LogP contribution in [-0.4, -0.2) is 21.1 Å². The van der Waals surface area contributed by atoms with E-state index in [9.17, 15) is 4.79 Å².